The maximum absolute atomic E-state index is 12.4. The van der Waals surface area contributed by atoms with Crippen LogP contribution in [0.4, 0.5) is 0 Å². The van der Waals surface area contributed by atoms with Crippen LogP contribution in [0.3, 0.4) is 0 Å². The van der Waals surface area contributed by atoms with Gasteiger partial charge in [-0.2, -0.15) is 0 Å². The molecule has 0 radical (unpaired) electrons. The minimum atomic E-state index is 0.102. The molecule has 1 aliphatic rings. The molecule has 1 unspecified atom stereocenters. The van der Waals surface area contributed by atoms with Gasteiger partial charge in [0.05, 0.1) is 0 Å². The first-order valence-corrected chi connectivity index (χ1v) is 7.61. The SMILES string of the molecule is CC(C)CCCCC(C(=O)N1CCC1)C(C)(C)C. The summed E-state index contributed by atoms with van der Waals surface area (Å²) >= 11 is 0. The van der Waals surface area contributed by atoms with E-state index in [-0.39, 0.29) is 11.3 Å². The van der Waals surface area contributed by atoms with Crippen LogP contribution < -0.4 is 0 Å². The molecule has 2 heteroatoms. The smallest absolute Gasteiger partial charge is 0.226 e. The van der Waals surface area contributed by atoms with E-state index in [1.54, 1.807) is 0 Å². The van der Waals surface area contributed by atoms with Crippen molar-refractivity contribution in [3.63, 3.8) is 0 Å². The number of unbranched alkanes of at least 4 members (excludes halogenated alkanes) is 1. The van der Waals surface area contributed by atoms with E-state index in [2.05, 4.69) is 34.6 Å². The molecule has 0 spiro atoms. The van der Waals surface area contributed by atoms with Gasteiger partial charge in [-0.3, -0.25) is 4.79 Å². The Bertz CT molecular complexity index is 261. The van der Waals surface area contributed by atoms with E-state index in [9.17, 15) is 4.79 Å². The van der Waals surface area contributed by atoms with Crippen molar-refractivity contribution in [3.05, 3.63) is 0 Å². The number of rotatable bonds is 6. The van der Waals surface area contributed by atoms with Gasteiger partial charge in [0, 0.05) is 19.0 Å². The minimum absolute atomic E-state index is 0.102. The van der Waals surface area contributed by atoms with Gasteiger partial charge >= 0.3 is 0 Å². The van der Waals surface area contributed by atoms with Crippen molar-refractivity contribution in [2.75, 3.05) is 13.1 Å². The van der Waals surface area contributed by atoms with Crippen molar-refractivity contribution in [3.8, 4) is 0 Å². The predicted octanol–water partition coefficient (Wildman–Crippen LogP) is 4.10. The van der Waals surface area contributed by atoms with Crippen LogP contribution in [-0.2, 0) is 4.79 Å². The normalized spacial score (nSPS) is 17.8. The van der Waals surface area contributed by atoms with Gasteiger partial charge in [0.1, 0.15) is 0 Å². The zero-order valence-electron chi connectivity index (χ0n) is 13.0. The number of nitrogens with zero attached hydrogens (tertiary/aromatic N) is 1. The van der Waals surface area contributed by atoms with E-state index < -0.39 is 0 Å². The summed E-state index contributed by atoms with van der Waals surface area (Å²) < 4.78 is 0. The first-order valence-electron chi connectivity index (χ1n) is 7.61. The van der Waals surface area contributed by atoms with Gasteiger partial charge in [0.25, 0.3) is 0 Å². The van der Waals surface area contributed by atoms with Crippen molar-refractivity contribution in [2.24, 2.45) is 17.3 Å². The Labute approximate surface area is 113 Å². The summed E-state index contributed by atoms with van der Waals surface area (Å²) in [6.45, 7) is 13.1. The third kappa shape index (κ3) is 4.62. The summed E-state index contributed by atoms with van der Waals surface area (Å²) in [6, 6.07) is 0. The minimum Gasteiger partial charge on any atom is -0.342 e. The van der Waals surface area contributed by atoms with E-state index in [0.29, 0.717) is 5.91 Å². The zero-order chi connectivity index (χ0) is 13.8. The Kier molecular flexibility index (Phi) is 5.68. The van der Waals surface area contributed by atoms with Crippen LogP contribution in [0, 0.1) is 17.3 Å². The molecule has 1 amide bonds. The summed E-state index contributed by atoms with van der Waals surface area (Å²) in [4.78, 5) is 14.5. The van der Waals surface area contributed by atoms with Gasteiger partial charge < -0.3 is 4.90 Å². The molecule has 0 aliphatic carbocycles. The molecule has 0 saturated carbocycles. The largest absolute Gasteiger partial charge is 0.342 e. The Hall–Kier alpha value is -0.530. The van der Waals surface area contributed by atoms with Crippen LogP contribution in [0.25, 0.3) is 0 Å². The summed E-state index contributed by atoms with van der Waals surface area (Å²) in [6.07, 6.45) is 5.99. The zero-order valence-corrected chi connectivity index (χ0v) is 13.0. The van der Waals surface area contributed by atoms with Crippen molar-refractivity contribution in [1.29, 1.82) is 0 Å². The van der Waals surface area contributed by atoms with E-state index >= 15 is 0 Å². The molecule has 18 heavy (non-hydrogen) atoms. The van der Waals surface area contributed by atoms with Gasteiger partial charge in [-0.05, 0) is 24.2 Å². The fourth-order valence-electron chi connectivity index (χ4n) is 2.58. The van der Waals surface area contributed by atoms with Gasteiger partial charge in [-0.15, -0.1) is 0 Å². The summed E-state index contributed by atoms with van der Waals surface area (Å²) in [5, 5.41) is 0. The monoisotopic (exact) mass is 253 g/mol. The van der Waals surface area contributed by atoms with E-state index in [1.807, 2.05) is 4.90 Å². The summed E-state index contributed by atoms with van der Waals surface area (Å²) in [7, 11) is 0. The Morgan fingerprint density at radius 1 is 1.11 bits per heavy atom. The molecule has 2 nitrogen and oxygen atoms in total. The number of hydrogen-bond acceptors (Lipinski definition) is 1. The molecule has 0 aromatic carbocycles. The highest BCUT2D eigenvalue weighted by Gasteiger charge is 2.35. The lowest BCUT2D eigenvalue weighted by Crippen LogP contribution is -2.48. The number of likely N-dealkylation sites (tertiary alicyclic amines) is 1. The van der Waals surface area contributed by atoms with Crippen LogP contribution in [0.15, 0.2) is 0 Å². The average molecular weight is 253 g/mol. The molecular formula is C16H31NO. The average Bonchev–Trinajstić information content (AvgIpc) is 2.11. The van der Waals surface area contributed by atoms with E-state index in [4.69, 9.17) is 0 Å². The maximum Gasteiger partial charge on any atom is 0.226 e. The first kappa shape index (κ1) is 15.5. The van der Waals surface area contributed by atoms with Crippen LogP contribution in [0.5, 0.6) is 0 Å². The highest BCUT2D eigenvalue weighted by molar-refractivity contribution is 5.80. The molecule has 106 valence electrons. The van der Waals surface area contributed by atoms with Gasteiger partial charge in [-0.25, -0.2) is 0 Å². The maximum atomic E-state index is 12.4. The lowest BCUT2D eigenvalue weighted by atomic mass is 9.76. The molecule has 1 aliphatic heterocycles. The highest BCUT2D eigenvalue weighted by atomic mass is 16.2. The fraction of sp³-hybridized carbons (Fsp3) is 0.938. The van der Waals surface area contributed by atoms with E-state index in [0.717, 1.165) is 25.4 Å². The molecule has 1 saturated heterocycles. The molecule has 1 heterocycles. The lowest BCUT2D eigenvalue weighted by Gasteiger charge is -2.39. The molecule has 0 bridgehead atoms. The van der Waals surface area contributed by atoms with Crippen LogP contribution >= 0.6 is 0 Å². The number of carbonyl (C=O) groups excluding carboxylic acids is 1. The van der Waals surface area contributed by atoms with Crippen molar-refractivity contribution >= 4 is 5.91 Å². The van der Waals surface area contributed by atoms with Crippen molar-refractivity contribution in [1.82, 2.24) is 4.90 Å². The number of carbonyl (C=O) groups is 1. The summed E-state index contributed by atoms with van der Waals surface area (Å²) in [5.41, 5.74) is 0.102. The van der Waals surface area contributed by atoms with Crippen molar-refractivity contribution < 1.29 is 4.79 Å². The van der Waals surface area contributed by atoms with Crippen molar-refractivity contribution in [2.45, 2.75) is 66.7 Å². The molecule has 1 atom stereocenters. The van der Waals surface area contributed by atoms with Gasteiger partial charge in [0.2, 0.25) is 5.91 Å². The quantitative estimate of drug-likeness (QED) is 0.653. The molecule has 1 rings (SSSR count). The molecule has 1 fully saturated rings. The van der Waals surface area contributed by atoms with Crippen LogP contribution in [-0.4, -0.2) is 23.9 Å². The topological polar surface area (TPSA) is 20.3 Å². The standard InChI is InChI=1S/C16H31NO/c1-13(2)9-6-7-10-14(16(3,4)5)15(18)17-11-8-12-17/h13-14H,6-12H2,1-5H3. The molecule has 0 aromatic heterocycles. The first-order chi connectivity index (χ1) is 8.32. The van der Waals surface area contributed by atoms with Crippen LogP contribution in [0.1, 0.15) is 66.7 Å². The Morgan fingerprint density at radius 3 is 2.06 bits per heavy atom. The highest BCUT2D eigenvalue weighted by Crippen LogP contribution is 2.33. The van der Waals surface area contributed by atoms with Gasteiger partial charge in [-0.1, -0.05) is 53.9 Å². The fourth-order valence-corrected chi connectivity index (χ4v) is 2.58. The molecule has 0 aromatic rings. The van der Waals surface area contributed by atoms with E-state index in [1.165, 1.54) is 25.7 Å². The Balaban J connectivity index is 2.43. The predicted molar refractivity (Wildman–Crippen MR) is 77.4 cm³/mol. The second kappa shape index (κ2) is 6.58. The number of hydrogen-bond donors (Lipinski definition) is 0. The lowest BCUT2D eigenvalue weighted by molar-refractivity contribution is -0.143. The second-order valence-corrected chi connectivity index (χ2v) is 7.28. The third-order valence-electron chi connectivity index (χ3n) is 4.04. The number of amides is 1. The van der Waals surface area contributed by atoms with Crippen LogP contribution in [0.2, 0.25) is 0 Å². The van der Waals surface area contributed by atoms with Gasteiger partial charge in [0.15, 0.2) is 0 Å². The summed E-state index contributed by atoms with van der Waals surface area (Å²) in [5.74, 6) is 1.40. The molecular weight excluding hydrogens is 222 g/mol. The third-order valence-corrected chi connectivity index (χ3v) is 4.04. The Morgan fingerprint density at radius 2 is 1.67 bits per heavy atom. The molecule has 0 N–H and O–H groups in total. The second-order valence-electron chi connectivity index (χ2n) is 7.28.